The fourth-order valence-corrected chi connectivity index (χ4v) is 3.63. The van der Waals surface area contributed by atoms with Crippen molar-refractivity contribution in [3.8, 4) is 0 Å². The minimum absolute atomic E-state index is 0.0208. The Hall–Kier alpha value is -2.07. The van der Waals surface area contributed by atoms with E-state index in [1.54, 1.807) is 0 Å². The number of piperidine rings is 1. The summed E-state index contributed by atoms with van der Waals surface area (Å²) in [5.74, 6) is 0.363. The maximum Gasteiger partial charge on any atom is 0.255 e. The molecule has 1 aliphatic rings. The molecule has 4 heteroatoms. The molecule has 1 amide bonds. The van der Waals surface area contributed by atoms with E-state index in [9.17, 15) is 9.90 Å². The van der Waals surface area contributed by atoms with E-state index in [1.165, 1.54) is 5.56 Å². The Labute approximate surface area is 156 Å². The third-order valence-corrected chi connectivity index (χ3v) is 5.37. The van der Waals surface area contributed by atoms with E-state index < -0.39 is 0 Å². The zero-order valence-electron chi connectivity index (χ0n) is 16.1. The van der Waals surface area contributed by atoms with Crippen molar-refractivity contribution in [2.75, 3.05) is 13.1 Å². The van der Waals surface area contributed by atoms with E-state index >= 15 is 0 Å². The quantitative estimate of drug-likeness (QED) is 0.910. The number of nitrogens with zero attached hydrogens (tertiary/aromatic N) is 2. The summed E-state index contributed by atoms with van der Waals surface area (Å²) in [5.41, 5.74) is 1.90. The van der Waals surface area contributed by atoms with Crippen molar-refractivity contribution in [1.29, 1.82) is 0 Å². The summed E-state index contributed by atoms with van der Waals surface area (Å²) in [5, 5.41) is 10.6. The van der Waals surface area contributed by atoms with Gasteiger partial charge in [0.25, 0.3) is 5.91 Å². The van der Waals surface area contributed by atoms with E-state index in [-0.39, 0.29) is 23.5 Å². The Balaban J connectivity index is 1.54. The molecule has 1 aromatic heterocycles. The number of amides is 1. The van der Waals surface area contributed by atoms with Gasteiger partial charge >= 0.3 is 0 Å². The second-order valence-electron chi connectivity index (χ2n) is 8.36. The van der Waals surface area contributed by atoms with Crippen LogP contribution in [0.25, 0.3) is 0 Å². The number of hydrogen-bond donors (Lipinski definition) is 1. The van der Waals surface area contributed by atoms with E-state index in [0.717, 1.165) is 31.5 Å². The fraction of sp³-hybridized carbons (Fsp3) is 0.500. The lowest BCUT2D eigenvalue weighted by molar-refractivity contribution is 0.0467. The van der Waals surface area contributed by atoms with E-state index in [2.05, 4.69) is 37.5 Å². The maximum absolute atomic E-state index is 12.8. The number of carbonyl (C=O) groups is 1. The molecular weight excluding hydrogens is 324 g/mol. The molecule has 1 N–H and O–H groups in total. The van der Waals surface area contributed by atoms with Gasteiger partial charge in [-0.3, -0.25) is 4.79 Å². The molecule has 0 radical (unpaired) electrons. The van der Waals surface area contributed by atoms with Crippen molar-refractivity contribution in [1.82, 2.24) is 9.47 Å². The van der Waals surface area contributed by atoms with Crippen LogP contribution < -0.4 is 0 Å². The highest BCUT2D eigenvalue weighted by atomic mass is 16.3. The van der Waals surface area contributed by atoms with Crippen LogP contribution in [0, 0.1) is 5.92 Å². The number of benzene rings is 1. The molecule has 0 spiro atoms. The third kappa shape index (κ3) is 4.36. The van der Waals surface area contributed by atoms with Crippen LogP contribution in [0.1, 0.15) is 49.5 Å². The first-order valence-corrected chi connectivity index (χ1v) is 9.54. The number of hydrogen-bond acceptors (Lipinski definition) is 2. The number of aliphatic hydroxyl groups excluding tert-OH is 1. The van der Waals surface area contributed by atoms with Crippen LogP contribution >= 0.6 is 0 Å². The number of likely N-dealkylation sites (tertiary alicyclic amines) is 1. The second-order valence-corrected chi connectivity index (χ2v) is 8.36. The summed E-state index contributed by atoms with van der Waals surface area (Å²) in [6.45, 7) is 7.81. The lowest BCUT2D eigenvalue weighted by atomic mass is 9.88. The van der Waals surface area contributed by atoms with Crippen LogP contribution in [-0.2, 0) is 12.0 Å². The number of aromatic nitrogens is 1. The highest BCUT2D eigenvalue weighted by Gasteiger charge is 2.28. The predicted octanol–water partition coefficient (Wildman–Crippen LogP) is 3.70. The summed E-state index contributed by atoms with van der Waals surface area (Å²) in [4.78, 5) is 14.7. The van der Waals surface area contributed by atoms with Gasteiger partial charge in [0.15, 0.2) is 0 Å². The van der Waals surface area contributed by atoms with Crippen LogP contribution in [0.3, 0.4) is 0 Å². The van der Waals surface area contributed by atoms with Gasteiger partial charge < -0.3 is 14.6 Å². The van der Waals surface area contributed by atoms with Crippen LogP contribution in [-0.4, -0.2) is 39.7 Å². The van der Waals surface area contributed by atoms with Gasteiger partial charge in [-0.15, -0.1) is 0 Å². The topological polar surface area (TPSA) is 45.5 Å². The summed E-state index contributed by atoms with van der Waals surface area (Å²) in [6, 6.07) is 12.0. The molecule has 0 bridgehead atoms. The van der Waals surface area contributed by atoms with Gasteiger partial charge in [-0.25, -0.2) is 0 Å². The minimum atomic E-state index is -0.336. The second kappa shape index (κ2) is 7.67. The third-order valence-electron chi connectivity index (χ3n) is 5.37. The maximum atomic E-state index is 12.8. The van der Waals surface area contributed by atoms with E-state index in [1.807, 2.05) is 41.6 Å². The molecule has 0 unspecified atom stereocenters. The normalized spacial score (nSPS) is 17.3. The lowest BCUT2D eigenvalue weighted by Gasteiger charge is -2.34. The zero-order valence-corrected chi connectivity index (χ0v) is 16.1. The van der Waals surface area contributed by atoms with Crippen molar-refractivity contribution in [3.05, 3.63) is 59.9 Å². The first kappa shape index (κ1) is 18.7. The van der Waals surface area contributed by atoms with Crippen molar-refractivity contribution in [2.45, 2.75) is 51.7 Å². The van der Waals surface area contributed by atoms with Gasteiger partial charge in [0.05, 0.1) is 11.7 Å². The smallest absolute Gasteiger partial charge is 0.255 e. The first-order valence-electron chi connectivity index (χ1n) is 9.54. The molecule has 1 aliphatic heterocycles. The summed E-state index contributed by atoms with van der Waals surface area (Å²) >= 11 is 0. The average molecular weight is 354 g/mol. The van der Waals surface area contributed by atoms with Crippen molar-refractivity contribution in [2.24, 2.45) is 5.92 Å². The highest BCUT2D eigenvalue weighted by Crippen LogP contribution is 2.25. The standard InChI is InChI=1S/C22H30N2O2/c1-22(2,3)24-14-11-19(16-24)21(26)23-12-9-18(10-13-23)20(25)15-17-7-5-4-6-8-17/h4-8,11,14,16,18,20,25H,9-10,12-13,15H2,1-3H3/t20-/m0/s1. The monoisotopic (exact) mass is 354 g/mol. The van der Waals surface area contributed by atoms with Crippen molar-refractivity contribution < 1.29 is 9.90 Å². The van der Waals surface area contributed by atoms with Crippen LogP contribution in [0.5, 0.6) is 0 Å². The molecule has 2 heterocycles. The molecule has 140 valence electrons. The van der Waals surface area contributed by atoms with Gasteiger partial charge in [0.2, 0.25) is 0 Å². The molecule has 26 heavy (non-hydrogen) atoms. The number of carbonyl (C=O) groups excluding carboxylic acids is 1. The summed E-state index contributed by atoms with van der Waals surface area (Å²) in [6.07, 6.45) is 5.99. The Morgan fingerprint density at radius 1 is 1.15 bits per heavy atom. The van der Waals surface area contributed by atoms with Gasteiger partial charge in [0.1, 0.15) is 0 Å². The Kier molecular flexibility index (Phi) is 5.52. The fourth-order valence-electron chi connectivity index (χ4n) is 3.63. The number of rotatable bonds is 4. The molecule has 1 fully saturated rings. The zero-order chi connectivity index (χ0) is 18.7. The molecule has 2 aromatic rings. The summed E-state index contributed by atoms with van der Waals surface area (Å²) in [7, 11) is 0. The molecule has 4 nitrogen and oxygen atoms in total. The largest absolute Gasteiger partial charge is 0.392 e. The first-order chi connectivity index (χ1) is 12.3. The molecular formula is C22H30N2O2. The molecule has 1 atom stereocenters. The van der Waals surface area contributed by atoms with E-state index in [4.69, 9.17) is 0 Å². The molecule has 3 rings (SSSR count). The van der Waals surface area contributed by atoms with Gasteiger partial charge in [-0.2, -0.15) is 0 Å². The van der Waals surface area contributed by atoms with Gasteiger partial charge in [-0.05, 0) is 57.6 Å². The molecule has 1 aromatic carbocycles. The lowest BCUT2D eigenvalue weighted by Crippen LogP contribution is -2.41. The predicted molar refractivity (Wildman–Crippen MR) is 104 cm³/mol. The summed E-state index contributed by atoms with van der Waals surface area (Å²) < 4.78 is 2.08. The van der Waals surface area contributed by atoms with Crippen LogP contribution in [0.15, 0.2) is 48.8 Å². The average Bonchev–Trinajstić information content (AvgIpc) is 3.12. The molecule has 0 aliphatic carbocycles. The van der Waals surface area contributed by atoms with Crippen molar-refractivity contribution in [3.63, 3.8) is 0 Å². The van der Waals surface area contributed by atoms with Crippen molar-refractivity contribution >= 4 is 5.91 Å². The van der Waals surface area contributed by atoms with Gasteiger partial charge in [-0.1, -0.05) is 30.3 Å². The van der Waals surface area contributed by atoms with Crippen LogP contribution in [0.4, 0.5) is 0 Å². The SMILES string of the molecule is CC(C)(C)n1ccc(C(=O)N2CCC([C@@H](O)Cc3ccccc3)CC2)c1. The van der Waals surface area contributed by atoms with Gasteiger partial charge in [0, 0.05) is 31.0 Å². The molecule has 1 saturated heterocycles. The highest BCUT2D eigenvalue weighted by molar-refractivity contribution is 5.94. The minimum Gasteiger partial charge on any atom is -0.392 e. The van der Waals surface area contributed by atoms with E-state index in [0.29, 0.717) is 6.42 Å². The van der Waals surface area contributed by atoms with Crippen LogP contribution in [0.2, 0.25) is 0 Å². The Morgan fingerprint density at radius 3 is 2.38 bits per heavy atom. The molecule has 0 saturated carbocycles. The Morgan fingerprint density at radius 2 is 1.81 bits per heavy atom. The number of aliphatic hydroxyl groups is 1. The Bertz CT molecular complexity index is 722.